The lowest BCUT2D eigenvalue weighted by atomic mass is 10.2. The minimum Gasteiger partial charge on any atom is -0.494 e. The van der Waals surface area contributed by atoms with Crippen LogP contribution in [0.5, 0.6) is 5.75 Å². The van der Waals surface area contributed by atoms with Crippen molar-refractivity contribution in [3.8, 4) is 5.75 Å². The van der Waals surface area contributed by atoms with Crippen molar-refractivity contribution < 1.29 is 27.1 Å². The highest BCUT2D eigenvalue weighted by atomic mass is 32.2. The highest BCUT2D eigenvalue weighted by Crippen LogP contribution is 2.26. The molecule has 3 rings (SSSR count). The van der Waals surface area contributed by atoms with E-state index in [0.29, 0.717) is 31.2 Å². The molecule has 7 nitrogen and oxygen atoms in total. The van der Waals surface area contributed by atoms with E-state index in [1.54, 1.807) is 24.3 Å². The van der Waals surface area contributed by atoms with Gasteiger partial charge in [0.05, 0.1) is 23.3 Å². The topological polar surface area (TPSA) is 84.9 Å². The molecule has 0 aromatic heterocycles. The molecule has 1 aliphatic rings. The summed E-state index contributed by atoms with van der Waals surface area (Å²) in [7, 11) is -4.09. The van der Waals surface area contributed by atoms with Gasteiger partial charge in [-0.3, -0.25) is 9.10 Å². The van der Waals surface area contributed by atoms with Gasteiger partial charge in [-0.15, -0.1) is 0 Å². The molecule has 0 bridgehead atoms. The monoisotopic (exact) mass is 436 g/mol. The number of carbonyl (C=O) groups excluding carboxylic acids is 1. The van der Waals surface area contributed by atoms with Gasteiger partial charge >= 0.3 is 0 Å². The number of halogens is 1. The molecule has 0 unspecified atom stereocenters. The molecule has 0 aliphatic carbocycles. The van der Waals surface area contributed by atoms with Crippen LogP contribution < -0.4 is 14.4 Å². The Morgan fingerprint density at radius 3 is 2.50 bits per heavy atom. The van der Waals surface area contributed by atoms with Crippen LogP contribution in [0.25, 0.3) is 0 Å². The molecule has 2 aromatic rings. The summed E-state index contributed by atoms with van der Waals surface area (Å²) in [6.45, 7) is 2.89. The molecule has 1 N–H and O–H groups in total. The van der Waals surface area contributed by atoms with Crippen molar-refractivity contribution in [3.05, 3.63) is 54.3 Å². The Hall–Kier alpha value is -2.65. The molecule has 162 valence electrons. The van der Waals surface area contributed by atoms with E-state index in [1.165, 1.54) is 12.1 Å². The van der Waals surface area contributed by atoms with Crippen molar-refractivity contribution in [1.82, 2.24) is 5.32 Å². The molecular weight excluding hydrogens is 411 g/mol. The van der Waals surface area contributed by atoms with Gasteiger partial charge in [0.1, 0.15) is 18.1 Å². The number of nitrogens with one attached hydrogen (secondary N) is 1. The maximum atomic E-state index is 13.3. The Bertz CT molecular complexity index is 942. The van der Waals surface area contributed by atoms with Crippen molar-refractivity contribution in [2.75, 3.05) is 30.6 Å². The third-order valence-corrected chi connectivity index (χ3v) is 6.46. The summed E-state index contributed by atoms with van der Waals surface area (Å²) in [5.74, 6) is -0.413. The minimum absolute atomic E-state index is 0.0541. The van der Waals surface area contributed by atoms with Gasteiger partial charge in [0.2, 0.25) is 5.91 Å². The Morgan fingerprint density at radius 2 is 1.90 bits per heavy atom. The first-order valence-electron chi connectivity index (χ1n) is 9.79. The SMILES string of the molecule is CCOc1ccc(N(CC(=O)NC[C@@H]2CCCO2)S(=O)(=O)c2ccc(F)cc2)cc1. The zero-order chi connectivity index (χ0) is 21.6. The van der Waals surface area contributed by atoms with Gasteiger partial charge in [0.25, 0.3) is 10.0 Å². The molecule has 0 spiro atoms. The first-order chi connectivity index (χ1) is 14.4. The number of hydrogen-bond donors (Lipinski definition) is 1. The van der Waals surface area contributed by atoms with Crippen LogP contribution in [0.15, 0.2) is 53.4 Å². The van der Waals surface area contributed by atoms with Gasteiger partial charge in [-0.05, 0) is 68.3 Å². The van der Waals surface area contributed by atoms with Gasteiger partial charge in [-0.25, -0.2) is 12.8 Å². The van der Waals surface area contributed by atoms with Crippen LogP contribution in [-0.4, -0.2) is 46.7 Å². The number of ether oxygens (including phenoxy) is 2. The van der Waals surface area contributed by atoms with Gasteiger partial charge in [0.15, 0.2) is 0 Å². The van der Waals surface area contributed by atoms with Gasteiger partial charge < -0.3 is 14.8 Å². The predicted molar refractivity (Wildman–Crippen MR) is 111 cm³/mol. The lowest BCUT2D eigenvalue weighted by Gasteiger charge is -2.24. The van der Waals surface area contributed by atoms with Crippen molar-refractivity contribution in [2.24, 2.45) is 0 Å². The largest absolute Gasteiger partial charge is 0.494 e. The number of amides is 1. The van der Waals surface area contributed by atoms with E-state index >= 15 is 0 Å². The van der Waals surface area contributed by atoms with Crippen LogP contribution in [0, 0.1) is 5.82 Å². The maximum absolute atomic E-state index is 13.3. The molecular formula is C21H25FN2O5S. The van der Waals surface area contributed by atoms with Crippen LogP contribution in [0.2, 0.25) is 0 Å². The molecule has 30 heavy (non-hydrogen) atoms. The third kappa shape index (κ3) is 5.48. The quantitative estimate of drug-likeness (QED) is 0.653. The normalized spacial score (nSPS) is 16.3. The molecule has 9 heteroatoms. The highest BCUT2D eigenvalue weighted by molar-refractivity contribution is 7.92. The number of rotatable bonds is 9. The molecule has 1 aliphatic heterocycles. The summed E-state index contributed by atoms with van der Waals surface area (Å²) in [4.78, 5) is 12.4. The van der Waals surface area contributed by atoms with Crippen molar-refractivity contribution >= 4 is 21.6 Å². The van der Waals surface area contributed by atoms with Crippen LogP contribution in [0.4, 0.5) is 10.1 Å². The molecule has 1 fully saturated rings. The fourth-order valence-electron chi connectivity index (χ4n) is 3.14. The summed E-state index contributed by atoms with van der Waals surface area (Å²) in [6, 6.07) is 10.9. The molecule has 1 atom stereocenters. The Balaban J connectivity index is 1.83. The van der Waals surface area contributed by atoms with Crippen LogP contribution in [-0.2, 0) is 19.6 Å². The molecule has 1 amide bonds. The number of hydrogen-bond acceptors (Lipinski definition) is 5. The Labute approximate surface area is 175 Å². The lowest BCUT2D eigenvalue weighted by Crippen LogP contribution is -2.42. The van der Waals surface area contributed by atoms with E-state index in [1.807, 2.05) is 6.92 Å². The number of benzene rings is 2. The zero-order valence-electron chi connectivity index (χ0n) is 16.7. The number of anilines is 1. The number of sulfonamides is 1. The van der Waals surface area contributed by atoms with E-state index < -0.39 is 28.3 Å². The molecule has 0 radical (unpaired) electrons. The standard InChI is InChI=1S/C21H25FN2O5S/c1-2-28-18-9-7-17(8-10-18)24(15-21(25)23-14-19-4-3-13-29-19)30(26,27)20-11-5-16(22)6-12-20/h5-12,19H,2-4,13-15H2,1H3,(H,23,25)/t19-/m0/s1. The first kappa shape index (κ1) is 22.0. The summed E-state index contributed by atoms with van der Waals surface area (Å²) < 4.78 is 51.6. The average Bonchev–Trinajstić information content (AvgIpc) is 3.25. The highest BCUT2D eigenvalue weighted by Gasteiger charge is 2.28. The fraction of sp³-hybridized carbons (Fsp3) is 0.381. The second-order valence-corrected chi connectivity index (χ2v) is 8.69. The third-order valence-electron chi connectivity index (χ3n) is 4.68. The second-order valence-electron chi connectivity index (χ2n) is 6.83. The van der Waals surface area contributed by atoms with Crippen LogP contribution in [0.1, 0.15) is 19.8 Å². The van der Waals surface area contributed by atoms with E-state index in [-0.39, 0.29) is 11.0 Å². The smallest absolute Gasteiger partial charge is 0.264 e. The average molecular weight is 437 g/mol. The van der Waals surface area contributed by atoms with Crippen LogP contribution >= 0.6 is 0 Å². The fourth-order valence-corrected chi connectivity index (χ4v) is 4.56. The Kier molecular flexibility index (Phi) is 7.28. The van der Waals surface area contributed by atoms with E-state index in [2.05, 4.69) is 5.32 Å². The first-order valence-corrected chi connectivity index (χ1v) is 11.2. The maximum Gasteiger partial charge on any atom is 0.264 e. The second kappa shape index (κ2) is 9.90. The van der Waals surface area contributed by atoms with Gasteiger partial charge in [0, 0.05) is 13.2 Å². The minimum atomic E-state index is -4.09. The van der Waals surface area contributed by atoms with E-state index in [9.17, 15) is 17.6 Å². The Morgan fingerprint density at radius 1 is 1.20 bits per heavy atom. The number of nitrogens with zero attached hydrogens (tertiary/aromatic N) is 1. The van der Waals surface area contributed by atoms with Gasteiger partial charge in [-0.1, -0.05) is 0 Å². The summed E-state index contributed by atoms with van der Waals surface area (Å²) in [5, 5.41) is 2.73. The molecule has 1 heterocycles. The zero-order valence-corrected chi connectivity index (χ0v) is 17.5. The van der Waals surface area contributed by atoms with E-state index in [4.69, 9.17) is 9.47 Å². The van der Waals surface area contributed by atoms with Gasteiger partial charge in [-0.2, -0.15) is 0 Å². The summed E-state index contributed by atoms with van der Waals surface area (Å²) in [5.41, 5.74) is 0.301. The number of carbonyl (C=O) groups is 1. The van der Waals surface area contributed by atoms with E-state index in [0.717, 1.165) is 29.3 Å². The summed E-state index contributed by atoms with van der Waals surface area (Å²) >= 11 is 0. The predicted octanol–water partition coefficient (Wildman–Crippen LogP) is 2.71. The molecule has 2 aromatic carbocycles. The van der Waals surface area contributed by atoms with Crippen molar-refractivity contribution in [3.63, 3.8) is 0 Å². The molecule has 0 saturated carbocycles. The lowest BCUT2D eigenvalue weighted by molar-refractivity contribution is -0.120. The summed E-state index contributed by atoms with van der Waals surface area (Å²) in [6.07, 6.45) is 1.75. The van der Waals surface area contributed by atoms with Crippen molar-refractivity contribution in [1.29, 1.82) is 0 Å². The molecule has 1 saturated heterocycles. The van der Waals surface area contributed by atoms with Crippen molar-refractivity contribution in [2.45, 2.75) is 30.8 Å². The van der Waals surface area contributed by atoms with Crippen LogP contribution in [0.3, 0.4) is 0 Å².